The maximum Gasteiger partial charge on any atom is 0.0681 e. The molecular weight excluding hydrogens is 326 g/mol. The molecule has 1 aromatic carbocycles. The second-order valence-electron chi connectivity index (χ2n) is 7.23. The summed E-state index contributed by atoms with van der Waals surface area (Å²) in [6, 6.07) is 8.86. The average Bonchev–Trinajstić information content (AvgIpc) is 2.60. The van der Waals surface area contributed by atoms with E-state index in [9.17, 15) is 0 Å². The molecule has 1 heterocycles. The maximum atomic E-state index is 6.32. The molecule has 2 rings (SSSR count). The van der Waals surface area contributed by atoms with E-state index in [-0.39, 0.29) is 11.2 Å². The Morgan fingerprint density at radius 1 is 1.29 bits per heavy atom. The van der Waals surface area contributed by atoms with E-state index >= 15 is 0 Å². The van der Waals surface area contributed by atoms with Crippen LogP contribution in [0, 0.1) is 5.92 Å². The molecule has 0 spiro atoms. The second kappa shape index (κ2) is 6.39. The van der Waals surface area contributed by atoms with Crippen molar-refractivity contribution in [3.8, 4) is 0 Å². The van der Waals surface area contributed by atoms with Crippen LogP contribution in [0.25, 0.3) is 0 Å². The first-order valence-electron chi connectivity index (χ1n) is 7.95. The van der Waals surface area contributed by atoms with Gasteiger partial charge in [0.25, 0.3) is 0 Å². The standard InChI is InChI=1S/C18H28BrNO/c1-6-11-20-16(13-9-7-8-10-15(13)19)14-12-17(2,3)21-18(14,4)5/h7-10,14,16,20H,6,11-12H2,1-5H3. The zero-order valence-corrected chi connectivity index (χ0v) is 15.5. The summed E-state index contributed by atoms with van der Waals surface area (Å²) in [4.78, 5) is 0. The first-order chi connectivity index (χ1) is 9.77. The first kappa shape index (κ1) is 17.0. The predicted molar refractivity (Wildman–Crippen MR) is 92.5 cm³/mol. The number of nitrogens with one attached hydrogen (secondary N) is 1. The predicted octanol–water partition coefficient (Wildman–Crippen LogP) is 5.08. The van der Waals surface area contributed by atoms with Crippen molar-refractivity contribution in [2.75, 3.05) is 6.54 Å². The first-order valence-corrected chi connectivity index (χ1v) is 8.74. The summed E-state index contributed by atoms with van der Waals surface area (Å²) < 4.78 is 7.50. The van der Waals surface area contributed by atoms with Gasteiger partial charge in [0.15, 0.2) is 0 Å². The van der Waals surface area contributed by atoms with Gasteiger partial charge in [-0.1, -0.05) is 41.1 Å². The third-order valence-electron chi connectivity index (χ3n) is 4.40. The Bertz CT molecular complexity index is 484. The van der Waals surface area contributed by atoms with Gasteiger partial charge in [0.2, 0.25) is 0 Å². The SMILES string of the molecule is CCCNC(c1ccccc1Br)C1CC(C)(C)OC1(C)C. The van der Waals surface area contributed by atoms with Gasteiger partial charge in [-0.3, -0.25) is 0 Å². The largest absolute Gasteiger partial charge is 0.369 e. The average molecular weight is 354 g/mol. The molecule has 3 heteroatoms. The molecule has 1 fully saturated rings. The molecule has 0 saturated carbocycles. The molecule has 0 radical (unpaired) electrons. The van der Waals surface area contributed by atoms with Gasteiger partial charge >= 0.3 is 0 Å². The zero-order valence-electron chi connectivity index (χ0n) is 13.9. The number of benzene rings is 1. The summed E-state index contributed by atoms with van der Waals surface area (Å²) in [5.74, 6) is 0.456. The van der Waals surface area contributed by atoms with Crippen molar-refractivity contribution >= 4 is 15.9 Å². The van der Waals surface area contributed by atoms with Gasteiger partial charge < -0.3 is 10.1 Å². The Labute approximate surface area is 137 Å². The molecule has 1 aromatic rings. The van der Waals surface area contributed by atoms with Crippen molar-refractivity contribution < 1.29 is 4.74 Å². The summed E-state index contributed by atoms with van der Waals surface area (Å²) in [6.07, 6.45) is 2.21. The quantitative estimate of drug-likeness (QED) is 0.796. The molecule has 1 aliphatic heterocycles. The maximum absolute atomic E-state index is 6.32. The fraction of sp³-hybridized carbons (Fsp3) is 0.667. The molecule has 2 unspecified atom stereocenters. The second-order valence-corrected chi connectivity index (χ2v) is 8.08. The number of rotatable bonds is 5. The van der Waals surface area contributed by atoms with Crippen LogP contribution in [0.3, 0.4) is 0 Å². The van der Waals surface area contributed by atoms with Gasteiger partial charge in [-0.25, -0.2) is 0 Å². The van der Waals surface area contributed by atoms with Gasteiger partial charge in [0.05, 0.1) is 11.2 Å². The lowest BCUT2D eigenvalue weighted by Gasteiger charge is -2.34. The summed E-state index contributed by atoms with van der Waals surface area (Å²) in [5.41, 5.74) is 1.16. The number of hydrogen-bond acceptors (Lipinski definition) is 2. The fourth-order valence-corrected chi connectivity index (χ4v) is 4.15. The third-order valence-corrected chi connectivity index (χ3v) is 5.12. The summed E-state index contributed by atoms with van der Waals surface area (Å²) in [6.45, 7) is 12.1. The van der Waals surface area contributed by atoms with Crippen LogP contribution in [0.15, 0.2) is 28.7 Å². The van der Waals surface area contributed by atoms with Gasteiger partial charge in [-0.2, -0.15) is 0 Å². The molecule has 0 bridgehead atoms. The van der Waals surface area contributed by atoms with Crippen LogP contribution >= 0.6 is 15.9 Å². The van der Waals surface area contributed by atoms with Crippen LogP contribution in [0.4, 0.5) is 0 Å². The van der Waals surface area contributed by atoms with Crippen LogP contribution < -0.4 is 5.32 Å². The zero-order chi connectivity index (χ0) is 15.7. The van der Waals surface area contributed by atoms with Crippen molar-refractivity contribution in [2.24, 2.45) is 5.92 Å². The molecule has 21 heavy (non-hydrogen) atoms. The van der Waals surface area contributed by atoms with Crippen LogP contribution in [-0.2, 0) is 4.74 Å². The Kier molecular flexibility index (Phi) is 5.17. The van der Waals surface area contributed by atoms with E-state index in [1.807, 2.05) is 0 Å². The highest BCUT2D eigenvalue weighted by Gasteiger charge is 2.49. The van der Waals surface area contributed by atoms with Gasteiger partial charge in [0, 0.05) is 16.4 Å². The topological polar surface area (TPSA) is 21.3 Å². The highest BCUT2D eigenvalue weighted by atomic mass is 79.9. The van der Waals surface area contributed by atoms with Crippen LogP contribution in [0.1, 0.15) is 59.1 Å². The van der Waals surface area contributed by atoms with E-state index in [4.69, 9.17) is 4.74 Å². The number of halogens is 1. The van der Waals surface area contributed by atoms with Crippen molar-refractivity contribution in [2.45, 2.75) is 64.7 Å². The minimum absolute atomic E-state index is 0.0540. The molecular formula is C18H28BrNO. The van der Waals surface area contributed by atoms with Crippen LogP contribution in [0.2, 0.25) is 0 Å². The van der Waals surface area contributed by atoms with Crippen molar-refractivity contribution in [1.82, 2.24) is 5.32 Å². The highest BCUT2D eigenvalue weighted by molar-refractivity contribution is 9.10. The molecule has 0 amide bonds. The van der Waals surface area contributed by atoms with Gasteiger partial charge in [0.1, 0.15) is 0 Å². The molecule has 1 saturated heterocycles. The Balaban J connectivity index is 2.35. The summed E-state index contributed by atoms with van der Waals surface area (Å²) >= 11 is 3.72. The third kappa shape index (κ3) is 3.88. The van der Waals surface area contributed by atoms with E-state index in [2.05, 4.69) is 80.1 Å². The normalized spacial score (nSPS) is 25.0. The fourth-order valence-electron chi connectivity index (χ4n) is 3.62. The Morgan fingerprint density at radius 2 is 1.95 bits per heavy atom. The van der Waals surface area contributed by atoms with Crippen LogP contribution in [-0.4, -0.2) is 17.7 Å². The molecule has 0 aromatic heterocycles. The lowest BCUT2D eigenvalue weighted by molar-refractivity contribution is -0.0778. The molecule has 1 aliphatic rings. The van der Waals surface area contributed by atoms with Crippen molar-refractivity contribution in [3.05, 3.63) is 34.3 Å². The molecule has 118 valence electrons. The molecule has 2 nitrogen and oxygen atoms in total. The monoisotopic (exact) mass is 353 g/mol. The number of hydrogen-bond donors (Lipinski definition) is 1. The smallest absolute Gasteiger partial charge is 0.0681 e. The molecule has 0 aliphatic carbocycles. The van der Waals surface area contributed by atoms with Gasteiger partial charge in [-0.05, 0) is 58.7 Å². The number of ether oxygens (including phenoxy) is 1. The Hall–Kier alpha value is -0.380. The van der Waals surface area contributed by atoms with E-state index in [0.29, 0.717) is 12.0 Å². The summed E-state index contributed by atoms with van der Waals surface area (Å²) in [5, 5.41) is 3.75. The molecule has 2 atom stereocenters. The minimum atomic E-state index is -0.121. The van der Waals surface area contributed by atoms with Crippen LogP contribution in [0.5, 0.6) is 0 Å². The lowest BCUT2D eigenvalue weighted by Crippen LogP contribution is -2.39. The summed E-state index contributed by atoms with van der Waals surface area (Å²) in [7, 11) is 0. The molecule has 1 N–H and O–H groups in total. The van der Waals surface area contributed by atoms with E-state index < -0.39 is 0 Å². The van der Waals surface area contributed by atoms with Gasteiger partial charge in [-0.15, -0.1) is 0 Å². The minimum Gasteiger partial charge on any atom is -0.369 e. The Morgan fingerprint density at radius 3 is 2.48 bits per heavy atom. The van der Waals surface area contributed by atoms with E-state index in [1.165, 1.54) is 10.0 Å². The lowest BCUT2D eigenvalue weighted by atomic mass is 9.79. The van der Waals surface area contributed by atoms with E-state index in [0.717, 1.165) is 19.4 Å². The van der Waals surface area contributed by atoms with Crippen molar-refractivity contribution in [3.63, 3.8) is 0 Å². The van der Waals surface area contributed by atoms with E-state index in [1.54, 1.807) is 0 Å². The van der Waals surface area contributed by atoms with Crippen molar-refractivity contribution in [1.29, 1.82) is 0 Å². The highest BCUT2D eigenvalue weighted by Crippen LogP contribution is 2.48.